The van der Waals surface area contributed by atoms with E-state index in [4.69, 9.17) is 4.42 Å². The quantitative estimate of drug-likeness (QED) is 0.433. The van der Waals surface area contributed by atoms with E-state index in [0.29, 0.717) is 22.4 Å². The van der Waals surface area contributed by atoms with Gasteiger partial charge in [0.15, 0.2) is 11.5 Å². The highest BCUT2D eigenvalue weighted by atomic mass is 19.1. The van der Waals surface area contributed by atoms with Crippen LogP contribution in [0.3, 0.4) is 0 Å². The molecule has 0 bridgehead atoms. The second-order valence-corrected chi connectivity index (χ2v) is 6.72. The standard InChI is InChI=1S/C21H20FN3O2/c1-13-11-25-12-16(10-18(22)20(25)24-13)17-9-15-6-5-14(4-3-7-23-2)8-19(15)27-21(17)26/h5-6,8-12,23H,3-4,7H2,1-2H3. The molecule has 3 aromatic heterocycles. The Morgan fingerprint density at radius 2 is 2.07 bits per heavy atom. The molecular weight excluding hydrogens is 345 g/mol. The highest BCUT2D eigenvalue weighted by molar-refractivity contribution is 5.82. The molecule has 4 rings (SSSR count). The van der Waals surface area contributed by atoms with Gasteiger partial charge in [0, 0.05) is 23.3 Å². The SMILES string of the molecule is CNCCCc1ccc2cc(-c3cc(F)c4nc(C)cn4c3)c(=O)oc2c1. The van der Waals surface area contributed by atoms with E-state index < -0.39 is 11.4 Å². The number of rotatable bonds is 5. The molecule has 5 nitrogen and oxygen atoms in total. The number of benzene rings is 1. The minimum Gasteiger partial charge on any atom is -0.422 e. The highest BCUT2D eigenvalue weighted by Gasteiger charge is 2.13. The Hall–Kier alpha value is -2.99. The number of fused-ring (bicyclic) bond motifs is 2. The third kappa shape index (κ3) is 3.36. The van der Waals surface area contributed by atoms with Crippen LogP contribution in [-0.4, -0.2) is 23.0 Å². The van der Waals surface area contributed by atoms with Crippen LogP contribution in [0.5, 0.6) is 0 Å². The largest absolute Gasteiger partial charge is 0.422 e. The van der Waals surface area contributed by atoms with E-state index in [2.05, 4.69) is 10.3 Å². The monoisotopic (exact) mass is 365 g/mol. The zero-order valence-electron chi connectivity index (χ0n) is 15.3. The van der Waals surface area contributed by atoms with Crippen molar-refractivity contribution in [3.63, 3.8) is 0 Å². The Morgan fingerprint density at radius 3 is 2.89 bits per heavy atom. The molecule has 3 heterocycles. The summed E-state index contributed by atoms with van der Waals surface area (Å²) in [6.07, 6.45) is 5.34. The molecule has 0 aliphatic rings. The first-order chi connectivity index (χ1) is 13.0. The lowest BCUT2D eigenvalue weighted by Crippen LogP contribution is -2.08. The van der Waals surface area contributed by atoms with Gasteiger partial charge in [0.2, 0.25) is 0 Å². The van der Waals surface area contributed by atoms with E-state index in [1.54, 1.807) is 29.8 Å². The van der Waals surface area contributed by atoms with Crippen molar-refractivity contribution in [1.29, 1.82) is 0 Å². The Labute approximate surface area is 155 Å². The van der Waals surface area contributed by atoms with Gasteiger partial charge in [-0.15, -0.1) is 0 Å². The summed E-state index contributed by atoms with van der Waals surface area (Å²) in [7, 11) is 1.92. The predicted molar refractivity (Wildman–Crippen MR) is 104 cm³/mol. The molecule has 0 radical (unpaired) electrons. The van der Waals surface area contributed by atoms with Crippen molar-refractivity contribution in [2.45, 2.75) is 19.8 Å². The molecule has 0 saturated heterocycles. The summed E-state index contributed by atoms with van der Waals surface area (Å²) in [5.41, 5.74) is 2.94. The maximum absolute atomic E-state index is 14.4. The number of nitrogens with zero attached hydrogens (tertiary/aromatic N) is 2. The molecule has 0 amide bonds. The first kappa shape index (κ1) is 17.4. The van der Waals surface area contributed by atoms with Gasteiger partial charge >= 0.3 is 5.63 Å². The summed E-state index contributed by atoms with van der Waals surface area (Å²) < 4.78 is 21.5. The average Bonchev–Trinajstić information content (AvgIpc) is 3.02. The van der Waals surface area contributed by atoms with Crippen LogP contribution in [0.1, 0.15) is 17.7 Å². The van der Waals surface area contributed by atoms with Crippen LogP contribution in [0.2, 0.25) is 0 Å². The number of halogens is 1. The van der Waals surface area contributed by atoms with E-state index in [1.165, 1.54) is 6.07 Å². The third-order valence-electron chi connectivity index (χ3n) is 4.63. The lowest BCUT2D eigenvalue weighted by atomic mass is 10.0. The molecule has 138 valence electrons. The molecule has 27 heavy (non-hydrogen) atoms. The zero-order valence-corrected chi connectivity index (χ0v) is 15.3. The summed E-state index contributed by atoms with van der Waals surface area (Å²) >= 11 is 0. The lowest BCUT2D eigenvalue weighted by molar-refractivity contribution is 0.562. The number of hydrogen-bond donors (Lipinski definition) is 1. The van der Waals surface area contributed by atoms with Gasteiger partial charge in [-0.25, -0.2) is 14.2 Å². The maximum atomic E-state index is 14.4. The first-order valence-electron chi connectivity index (χ1n) is 8.92. The van der Waals surface area contributed by atoms with E-state index in [-0.39, 0.29) is 5.65 Å². The van der Waals surface area contributed by atoms with Crippen molar-refractivity contribution in [2.24, 2.45) is 0 Å². The molecule has 0 atom stereocenters. The van der Waals surface area contributed by atoms with Crippen LogP contribution in [-0.2, 0) is 6.42 Å². The number of hydrogen-bond acceptors (Lipinski definition) is 4. The summed E-state index contributed by atoms with van der Waals surface area (Å²) in [5.74, 6) is -0.472. The smallest absolute Gasteiger partial charge is 0.344 e. The fourth-order valence-corrected chi connectivity index (χ4v) is 3.31. The molecule has 0 saturated carbocycles. The molecule has 1 aromatic carbocycles. The Bertz CT molecular complexity index is 1190. The van der Waals surface area contributed by atoms with Crippen molar-refractivity contribution in [1.82, 2.24) is 14.7 Å². The lowest BCUT2D eigenvalue weighted by Gasteiger charge is -2.06. The Morgan fingerprint density at radius 1 is 1.22 bits per heavy atom. The van der Waals surface area contributed by atoms with Crippen molar-refractivity contribution >= 4 is 16.6 Å². The molecule has 0 unspecified atom stereocenters. The molecular formula is C21H20FN3O2. The predicted octanol–water partition coefficient (Wildman–Crippen LogP) is 3.71. The Kier molecular flexibility index (Phi) is 4.49. The van der Waals surface area contributed by atoms with Gasteiger partial charge in [-0.2, -0.15) is 0 Å². The van der Waals surface area contributed by atoms with Crippen LogP contribution >= 0.6 is 0 Å². The molecule has 0 aliphatic heterocycles. The summed E-state index contributed by atoms with van der Waals surface area (Å²) in [6.45, 7) is 2.73. The van der Waals surface area contributed by atoms with Gasteiger partial charge in [0.05, 0.1) is 11.3 Å². The molecule has 0 spiro atoms. The van der Waals surface area contributed by atoms with Crippen LogP contribution in [0.4, 0.5) is 4.39 Å². The zero-order chi connectivity index (χ0) is 19.0. The fraction of sp³-hybridized carbons (Fsp3) is 0.238. The number of imidazole rings is 1. The second kappa shape index (κ2) is 6.96. The fourth-order valence-electron chi connectivity index (χ4n) is 3.31. The second-order valence-electron chi connectivity index (χ2n) is 6.72. The van der Waals surface area contributed by atoms with Gasteiger partial charge in [0.1, 0.15) is 5.58 Å². The summed E-state index contributed by atoms with van der Waals surface area (Å²) in [6, 6.07) is 8.95. The van der Waals surface area contributed by atoms with E-state index in [0.717, 1.165) is 30.3 Å². The van der Waals surface area contributed by atoms with Gasteiger partial charge < -0.3 is 14.1 Å². The molecule has 0 aliphatic carbocycles. The van der Waals surface area contributed by atoms with E-state index in [9.17, 15) is 9.18 Å². The van der Waals surface area contributed by atoms with Crippen molar-refractivity contribution in [3.8, 4) is 11.1 Å². The molecule has 1 N–H and O–H groups in total. The van der Waals surface area contributed by atoms with E-state index in [1.807, 2.05) is 25.2 Å². The number of aromatic nitrogens is 2. The first-order valence-corrected chi connectivity index (χ1v) is 8.92. The van der Waals surface area contributed by atoms with Crippen molar-refractivity contribution < 1.29 is 8.81 Å². The van der Waals surface area contributed by atoms with Crippen molar-refractivity contribution in [2.75, 3.05) is 13.6 Å². The summed E-state index contributed by atoms with van der Waals surface area (Å²) in [5, 5.41) is 3.93. The average molecular weight is 365 g/mol. The van der Waals surface area contributed by atoms with Gasteiger partial charge in [-0.3, -0.25) is 0 Å². The number of pyridine rings is 1. The minimum absolute atomic E-state index is 0.243. The summed E-state index contributed by atoms with van der Waals surface area (Å²) in [4.78, 5) is 16.7. The number of nitrogens with one attached hydrogen (secondary N) is 1. The highest BCUT2D eigenvalue weighted by Crippen LogP contribution is 2.24. The molecule has 0 fully saturated rings. The van der Waals surface area contributed by atoms with Crippen molar-refractivity contribution in [3.05, 3.63) is 70.2 Å². The Balaban J connectivity index is 1.77. The topological polar surface area (TPSA) is 59.5 Å². The minimum atomic E-state index is -0.481. The third-order valence-corrected chi connectivity index (χ3v) is 4.63. The molecule has 6 heteroatoms. The maximum Gasteiger partial charge on any atom is 0.344 e. The molecule has 4 aromatic rings. The van der Waals surface area contributed by atoms with Crippen LogP contribution in [0.25, 0.3) is 27.7 Å². The van der Waals surface area contributed by atoms with Crippen LogP contribution < -0.4 is 10.9 Å². The number of aryl methyl sites for hydroxylation is 2. The normalized spacial score (nSPS) is 11.5. The van der Waals surface area contributed by atoms with Gasteiger partial charge in [0.25, 0.3) is 0 Å². The van der Waals surface area contributed by atoms with Gasteiger partial charge in [-0.1, -0.05) is 12.1 Å². The van der Waals surface area contributed by atoms with Crippen LogP contribution in [0, 0.1) is 12.7 Å². The van der Waals surface area contributed by atoms with E-state index >= 15 is 0 Å². The van der Waals surface area contributed by atoms with Gasteiger partial charge in [-0.05, 0) is 57.1 Å². The van der Waals surface area contributed by atoms with Crippen LogP contribution in [0.15, 0.2) is 51.9 Å².